The number of rotatable bonds is 4. The van der Waals surface area contributed by atoms with Gasteiger partial charge in [0.25, 0.3) is 0 Å². The van der Waals surface area contributed by atoms with Crippen molar-refractivity contribution in [1.29, 1.82) is 0 Å². The first-order valence-electron chi connectivity index (χ1n) is 3.48. The SMILES string of the molecule is Nc1cnc(NCCCO)[nH]1. The minimum absolute atomic E-state index is 0.184. The molecule has 0 saturated heterocycles. The predicted molar refractivity (Wildman–Crippen MR) is 43.2 cm³/mol. The molecule has 5 N–H and O–H groups in total. The normalized spacial score (nSPS) is 9.91. The molecule has 0 fully saturated rings. The van der Waals surface area contributed by atoms with Gasteiger partial charge in [-0.15, -0.1) is 0 Å². The van der Waals surface area contributed by atoms with Crippen molar-refractivity contribution in [3.8, 4) is 0 Å². The second-order valence-corrected chi connectivity index (χ2v) is 2.19. The Kier molecular flexibility index (Phi) is 2.74. The maximum atomic E-state index is 8.45. The predicted octanol–water partition coefficient (Wildman–Crippen LogP) is -0.214. The number of aliphatic hydroxyl groups is 1. The van der Waals surface area contributed by atoms with Crippen LogP contribution >= 0.6 is 0 Å². The summed E-state index contributed by atoms with van der Waals surface area (Å²) < 4.78 is 0. The highest BCUT2D eigenvalue weighted by Crippen LogP contribution is 2.01. The van der Waals surface area contributed by atoms with Crippen LogP contribution in [0.5, 0.6) is 0 Å². The third-order valence-corrected chi connectivity index (χ3v) is 1.22. The maximum absolute atomic E-state index is 8.45. The van der Waals surface area contributed by atoms with Gasteiger partial charge in [-0.05, 0) is 6.42 Å². The van der Waals surface area contributed by atoms with Crippen LogP contribution in [0.15, 0.2) is 6.20 Å². The van der Waals surface area contributed by atoms with Crippen LogP contribution in [0.3, 0.4) is 0 Å². The smallest absolute Gasteiger partial charge is 0.201 e. The molecule has 1 aromatic heterocycles. The number of nitrogens with two attached hydrogens (primary N) is 1. The van der Waals surface area contributed by atoms with Gasteiger partial charge in [0.2, 0.25) is 5.95 Å². The average Bonchev–Trinajstić information content (AvgIpc) is 2.37. The van der Waals surface area contributed by atoms with Gasteiger partial charge in [0, 0.05) is 13.2 Å². The van der Waals surface area contributed by atoms with E-state index in [1.165, 1.54) is 0 Å². The van der Waals surface area contributed by atoms with Crippen molar-refractivity contribution in [2.45, 2.75) is 6.42 Å². The summed E-state index contributed by atoms with van der Waals surface area (Å²) >= 11 is 0. The van der Waals surface area contributed by atoms with Crippen LogP contribution in [0.1, 0.15) is 6.42 Å². The minimum Gasteiger partial charge on any atom is -0.396 e. The molecule has 62 valence electrons. The van der Waals surface area contributed by atoms with Gasteiger partial charge < -0.3 is 21.1 Å². The quantitative estimate of drug-likeness (QED) is 0.454. The lowest BCUT2D eigenvalue weighted by molar-refractivity contribution is 0.292. The Morgan fingerprint density at radius 1 is 1.73 bits per heavy atom. The number of nitrogen functional groups attached to an aromatic ring is 1. The Morgan fingerprint density at radius 3 is 3.09 bits per heavy atom. The number of H-pyrrole nitrogens is 1. The summed E-state index contributed by atoms with van der Waals surface area (Å²) in [4.78, 5) is 6.72. The van der Waals surface area contributed by atoms with Crippen LogP contribution in [0.2, 0.25) is 0 Å². The summed E-state index contributed by atoms with van der Waals surface area (Å²) in [6.07, 6.45) is 2.25. The molecule has 0 aliphatic carbocycles. The maximum Gasteiger partial charge on any atom is 0.201 e. The third kappa shape index (κ3) is 2.46. The number of imidazole rings is 1. The van der Waals surface area contributed by atoms with Crippen molar-refractivity contribution in [3.05, 3.63) is 6.20 Å². The molecule has 0 aromatic carbocycles. The second-order valence-electron chi connectivity index (χ2n) is 2.19. The van der Waals surface area contributed by atoms with E-state index in [2.05, 4.69) is 15.3 Å². The van der Waals surface area contributed by atoms with Crippen LogP contribution in [-0.4, -0.2) is 28.2 Å². The molecule has 0 radical (unpaired) electrons. The lowest BCUT2D eigenvalue weighted by Gasteiger charge is -1.98. The molecule has 1 rings (SSSR count). The fourth-order valence-electron chi connectivity index (χ4n) is 0.711. The molecule has 0 aliphatic heterocycles. The molecule has 0 saturated carbocycles. The van der Waals surface area contributed by atoms with E-state index in [-0.39, 0.29) is 6.61 Å². The number of hydrogen-bond acceptors (Lipinski definition) is 4. The van der Waals surface area contributed by atoms with E-state index < -0.39 is 0 Å². The van der Waals surface area contributed by atoms with Crippen molar-refractivity contribution >= 4 is 11.8 Å². The van der Waals surface area contributed by atoms with E-state index in [4.69, 9.17) is 10.8 Å². The molecule has 0 amide bonds. The van der Waals surface area contributed by atoms with E-state index in [1.807, 2.05) is 0 Å². The Bertz CT molecular complexity index is 210. The summed E-state index contributed by atoms with van der Waals surface area (Å²) in [6, 6.07) is 0. The van der Waals surface area contributed by atoms with Gasteiger partial charge in [-0.1, -0.05) is 0 Å². The van der Waals surface area contributed by atoms with Crippen molar-refractivity contribution in [1.82, 2.24) is 9.97 Å². The van der Waals surface area contributed by atoms with Gasteiger partial charge in [0.1, 0.15) is 5.82 Å². The molecule has 5 nitrogen and oxygen atoms in total. The molecule has 5 heteroatoms. The van der Waals surface area contributed by atoms with Crippen LogP contribution in [0.4, 0.5) is 11.8 Å². The zero-order valence-electron chi connectivity index (χ0n) is 6.17. The topological polar surface area (TPSA) is 87.0 Å². The molecule has 0 spiro atoms. The van der Waals surface area contributed by atoms with Crippen LogP contribution in [0, 0.1) is 0 Å². The van der Waals surface area contributed by atoms with Gasteiger partial charge in [-0.3, -0.25) is 0 Å². The highest BCUT2D eigenvalue weighted by atomic mass is 16.3. The number of anilines is 2. The average molecular weight is 156 g/mol. The molecule has 1 heterocycles. The number of aromatic nitrogens is 2. The standard InChI is InChI=1S/C6H12N4O/c7-5-4-9-6(10-5)8-2-1-3-11/h4,11H,1-3,7H2,(H2,8,9,10). The minimum atomic E-state index is 0.184. The van der Waals surface area contributed by atoms with Crippen molar-refractivity contribution in [2.24, 2.45) is 0 Å². The van der Waals surface area contributed by atoms with Gasteiger partial charge in [-0.2, -0.15) is 0 Å². The fraction of sp³-hybridized carbons (Fsp3) is 0.500. The zero-order valence-corrected chi connectivity index (χ0v) is 6.17. The van der Waals surface area contributed by atoms with Crippen molar-refractivity contribution < 1.29 is 5.11 Å². The van der Waals surface area contributed by atoms with E-state index in [9.17, 15) is 0 Å². The van der Waals surface area contributed by atoms with Crippen LogP contribution in [-0.2, 0) is 0 Å². The molecule has 0 bridgehead atoms. The first kappa shape index (κ1) is 7.87. The fourth-order valence-corrected chi connectivity index (χ4v) is 0.711. The van der Waals surface area contributed by atoms with E-state index in [0.29, 0.717) is 24.7 Å². The summed E-state index contributed by atoms with van der Waals surface area (Å²) in [5.41, 5.74) is 5.38. The van der Waals surface area contributed by atoms with Gasteiger partial charge in [-0.25, -0.2) is 4.98 Å². The molecule has 11 heavy (non-hydrogen) atoms. The highest BCUT2D eigenvalue weighted by molar-refractivity contribution is 5.36. The summed E-state index contributed by atoms with van der Waals surface area (Å²) in [5, 5.41) is 11.4. The van der Waals surface area contributed by atoms with E-state index >= 15 is 0 Å². The summed E-state index contributed by atoms with van der Waals surface area (Å²) in [6.45, 7) is 0.882. The van der Waals surface area contributed by atoms with Gasteiger partial charge in [0.05, 0.1) is 6.20 Å². The van der Waals surface area contributed by atoms with Crippen molar-refractivity contribution in [2.75, 3.05) is 24.2 Å². The highest BCUT2D eigenvalue weighted by Gasteiger charge is 1.93. The van der Waals surface area contributed by atoms with Crippen LogP contribution in [0.25, 0.3) is 0 Å². The number of aliphatic hydroxyl groups excluding tert-OH is 1. The first-order valence-corrected chi connectivity index (χ1v) is 3.48. The molecular formula is C6H12N4O. The Balaban J connectivity index is 2.27. The number of aromatic amines is 1. The zero-order chi connectivity index (χ0) is 8.10. The Hall–Kier alpha value is -1.23. The first-order chi connectivity index (χ1) is 5.33. The monoisotopic (exact) mass is 156 g/mol. The van der Waals surface area contributed by atoms with E-state index in [0.717, 1.165) is 0 Å². The van der Waals surface area contributed by atoms with E-state index in [1.54, 1.807) is 6.20 Å². The van der Waals surface area contributed by atoms with Gasteiger partial charge >= 0.3 is 0 Å². The lowest BCUT2D eigenvalue weighted by atomic mass is 10.4. The summed E-state index contributed by atoms with van der Waals surface area (Å²) in [7, 11) is 0. The molecular weight excluding hydrogens is 144 g/mol. The Morgan fingerprint density at radius 2 is 2.55 bits per heavy atom. The third-order valence-electron chi connectivity index (χ3n) is 1.22. The largest absolute Gasteiger partial charge is 0.396 e. The van der Waals surface area contributed by atoms with Crippen molar-refractivity contribution in [3.63, 3.8) is 0 Å². The summed E-state index contributed by atoms with van der Waals surface area (Å²) in [5.74, 6) is 1.19. The Labute approximate surface area is 64.6 Å². The molecule has 0 aliphatic rings. The number of nitrogens with one attached hydrogen (secondary N) is 2. The second kappa shape index (κ2) is 3.82. The lowest BCUT2D eigenvalue weighted by Crippen LogP contribution is -2.04. The number of nitrogens with zero attached hydrogens (tertiary/aromatic N) is 1. The molecule has 0 unspecified atom stereocenters. The molecule has 0 atom stereocenters. The van der Waals surface area contributed by atoms with Gasteiger partial charge in [0.15, 0.2) is 0 Å². The number of hydrogen-bond donors (Lipinski definition) is 4. The molecule has 1 aromatic rings. The van der Waals surface area contributed by atoms with Crippen LogP contribution < -0.4 is 11.1 Å².